The largest absolute Gasteiger partial charge is 0.443 e. The monoisotopic (exact) mass is 308 g/mol. The van der Waals surface area contributed by atoms with Gasteiger partial charge in [-0.1, -0.05) is 6.07 Å². The second-order valence-corrected chi connectivity index (χ2v) is 7.63. The number of aromatic nitrogens is 1. The van der Waals surface area contributed by atoms with Crippen molar-refractivity contribution >= 4 is 32.5 Å². The van der Waals surface area contributed by atoms with Gasteiger partial charge in [-0.25, -0.2) is 18.1 Å². The Kier molecular flexibility index (Phi) is 3.33. The van der Waals surface area contributed by atoms with Crippen molar-refractivity contribution in [3.8, 4) is 0 Å². The van der Waals surface area contributed by atoms with Crippen LogP contribution in [0.1, 0.15) is 10.4 Å². The molecular formula is C13H12N2O3S2. The van der Waals surface area contributed by atoms with Crippen molar-refractivity contribution in [2.45, 2.75) is 17.7 Å². The molecule has 0 atom stereocenters. The molecule has 0 saturated carbocycles. The molecule has 1 aromatic carbocycles. The summed E-state index contributed by atoms with van der Waals surface area (Å²) in [5.41, 5.74) is 2.23. The highest BCUT2D eigenvalue weighted by atomic mass is 32.2. The lowest BCUT2D eigenvalue weighted by Crippen LogP contribution is -2.22. The van der Waals surface area contributed by atoms with Gasteiger partial charge in [0, 0.05) is 11.4 Å². The van der Waals surface area contributed by atoms with Gasteiger partial charge in [-0.3, -0.25) is 0 Å². The number of aryl methyl sites for hydroxylation is 1. The molecule has 5 nitrogen and oxygen atoms in total. The predicted molar refractivity (Wildman–Crippen MR) is 77.1 cm³/mol. The van der Waals surface area contributed by atoms with Crippen molar-refractivity contribution in [3.63, 3.8) is 0 Å². The minimum Gasteiger partial charge on any atom is -0.443 e. The Morgan fingerprint density at radius 1 is 1.30 bits per heavy atom. The average molecular weight is 308 g/mol. The zero-order valence-corrected chi connectivity index (χ0v) is 12.3. The van der Waals surface area contributed by atoms with E-state index in [1.807, 2.05) is 13.0 Å². The van der Waals surface area contributed by atoms with Crippen molar-refractivity contribution < 1.29 is 12.8 Å². The third-order valence-electron chi connectivity index (χ3n) is 2.84. The van der Waals surface area contributed by atoms with Crippen molar-refractivity contribution in [2.75, 3.05) is 0 Å². The Morgan fingerprint density at radius 3 is 2.90 bits per heavy atom. The van der Waals surface area contributed by atoms with Gasteiger partial charge < -0.3 is 4.42 Å². The van der Waals surface area contributed by atoms with Crippen LogP contribution in [0.3, 0.4) is 0 Å². The number of sulfonamides is 1. The Balaban J connectivity index is 1.78. The van der Waals surface area contributed by atoms with E-state index in [1.165, 1.54) is 17.7 Å². The number of rotatable bonds is 4. The second kappa shape index (κ2) is 5.01. The maximum absolute atomic E-state index is 12.1. The number of hydrogen-bond acceptors (Lipinski definition) is 5. The van der Waals surface area contributed by atoms with E-state index in [2.05, 4.69) is 9.71 Å². The summed E-state index contributed by atoms with van der Waals surface area (Å²) in [6.45, 7) is 2.09. The molecular weight excluding hydrogens is 296 g/mol. The van der Waals surface area contributed by atoms with E-state index in [0.29, 0.717) is 9.79 Å². The van der Waals surface area contributed by atoms with E-state index in [-0.39, 0.29) is 6.54 Å². The van der Waals surface area contributed by atoms with Crippen LogP contribution < -0.4 is 4.72 Å². The summed E-state index contributed by atoms with van der Waals surface area (Å²) in [6.07, 6.45) is 1.37. The second-order valence-electron chi connectivity index (χ2n) is 4.34. The minimum absolute atomic E-state index is 0.218. The van der Waals surface area contributed by atoms with Gasteiger partial charge in [-0.2, -0.15) is 0 Å². The maximum atomic E-state index is 12.1. The molecule has 0 fully saturated rings. The fourth-order valence-electron chi connectivity index (χ4n) is 1.82. The first-order chi connectivity index (χ1) is 9.54. The van der Waals surface area contributed by atoms with Crippen molar-refractivity contribution in [1.29, 1.82) is 0 Å². The SMILES string of the molecule is Cc1ccc(S(=O)(=O)NCc2ccc3ncoc3c2)s1. The molecule has 0 aliphatic heterocycles. The molecule has 3 aromatic rings. The van der Waals surface area contributed by atoms with Crippen LogP contribution in [0, 0.1) is 6.92 Å². The Labute approximate surface area is 120 Å². The van der Waals surface area contributed by atoms with Crippen molar-refractivity contribution in [2.24, 2.45) is 0 Å². The highest BCUT2D eigenvalue weighted by molar-refractivity contribution is 7.91. The topological polar surface area (TPSA) is 72.2 Å². The minimum atomic E-state index is -3.46. The Hall–Kier alpha value is -1.70. The number of hydrogen-bond donors (Lipinski definition) is 1. The van der Waals surface area contributed by atoms with Gasteiger partial charge in [0.05, 0.1) is 0 Å². The van der Waals surface area contributed by atoms with Gasteiger partial charge in [-0.15, -0.1) is 11.3 Å². The summed E-state index contributed by atoms with van der Waals surface area (Å²) >= 11 is 1.25. The molecule has 0 saturated heterocycles. The number of oxazole rings is 1. The van der Waals surface area contributed by atoms with Crippen LogP contribution in [0.5, 0.6) is 0 Å². The summed E-state index contributed by atoms with van der Waals surface area (Å²) in [5.74, 6) is 0. The van der Waals surface area contributed by atoms with E-state index in [0.717, 1.165) is 16.0 Å². The van der Waals surface area contributed by atoms with Crippen LogP contribution >= 0.6 is 11.3 Å². The lowest BCUT2D eigenvalue weighted by molar-refractivity contribution is 0.583. The standard InChI is InChI=1S/C13H12N2O3S2/c1-9-2-5-13(19-9)20(16,17)15-7-10-3-4-11-12(6-10)18-8-14-11/h2-6,8,15H,7H2,1H3. The fourth-order valence-corrected chi connectivity index (χ4v) is 4.16. The molecule has 104 valence electrons. The molecule has 20 heavy (non-hydrogen) atoms. The zero-order chi connectivity index (χ0) is 14.2. The molecule has 7 heteroatoms. The van der Waals surface area contributed by atoms with Gasteiger partial charge >= 0.3 is 0 Å². The molecule has 0 bridgehead atoms. The van der Waals surface area contributed by atoms with Gasteiger partial charge in [0.25, 0.3) is 0 Å². The van der Waals surface area contributed by atoms with E-state index < -0.39 is 10.0 Å². The van der Waals surface area contributed by atoms with Gasteiger partial charge in [0.15, 0.2) is 12.0 Å². The van der Waals surface area contributed by atoms with E-state index in [4.69, 9.17) is 4.42 Å². The summed E-state index contributed by atoms with van der Waals surface area (Å²) in [7, 11) is -3.46. The van der Waals surface area contributed by atoms with Gasteiger partial charge in [-0.05, 0) is 36.8 Å². The molecule has 0 spiro atoms. The molecule has 0 unspecified atom stereocenters. The number of nitrogens with zero attached hydrogens (tertiary/aromatic N) is 1. The Bertz CT molecular complexity index is 849. The first kappa shape index (κ1) is 13.3. The summed E-state index contributed by atoms with van der Waals surface area (Å²) in [5, 5.41) is 0. The molecule has 0 aliphatic rings. The van der Waals surface area contributed by atoms with Gasteiger partial charge in [0.1, 0.15) is 9.73 Å². The van der Waals surface area contributed by atoms with Crippen LogP contribution in [0.2, 0.25) is 0 Å². The first-order valence-electron chi connectivity index (χ1n) is 5.93. The smallest absolute Gasteiger partial charge is 0.250 e. The molecule has 3 rings (SSSR count). The van der Waals surface area contributed by atoms with Crippen LogP contribution in [-0.4, -0.2) is 13.4 Å². The number of benzene rings is 1. The van der Waals surface area contributed by atoms with Crippen molar-refractivity contribution in [1.82, 2.24) is 9.71 Å². The number of thiophene rings is 1. The van der Waals surface area contributed by atoms with Crippen LogP contribution in [0.25, 0.3) is 11.1 Å². The number of nitrogens with one attached hydrogen (secondary N) is 1. The van der Waals surface area contributed by atoms with Crippen molar-refractivity contribution in [3.05, 3.63) is 47.2 Å². The molecule has 2 aromatic heterocycles. The highest BCUT2D eigenvalue weighted by Gasteiger charge is 2.15. The third kappa shape index (κ3) is 2.60. The fraction of sp³-hybridized carbons (Fsp3) is 0.154. The molecule has 0 aliphatic carbocycles. The average Bonchev–Trinajstić information content (AvgIpc) is 3.04. The van der Waals surface area contributed by atoms with E-state index >= 15 is 0 Å². The lowest BCUT2D eigenvalue weighted by Gasteiger charge is -2.04. The zero-order valence-electron chi connectivity index (χ0n) is 10.7. The molecule has 1 N–H and O–H groups in total. The quantitative estimate of drug-likeness (QED) is 0.804. The molecule has 0 amide bonds. The first-order valence-corrected chi connectivity index (χ1v) is 8.23. The Morgan fingerprint density at radius 2 is 2.15 bits per heavy atom. The predicted octanol–water partition coefficient (Wildman–Crippen LogP) is 2.68. The van der Waals surface area contributed by atoms with Crippen LogP contribution in [-0.2, 0) is 16.6 Å². The maximum Gasteiger partial charge on any atom is 0.250 e. The third-order valence-corrected chi connectivity index (χ3v) is 5.74. The van der Waals surface area contributed by atoms with Gasteiger partial charge in [0.2, 0.25) is 10.0 Å². The highest BCUT2D eigenvalue weighted by Crippen LogP contribution is 2.21. The molecule has 0 radical (unpaired) electrons. The molecule has 2 heterocycles. The summed E-state index contributed by atoms with van der Waals surface area (Å²) in [4.78, 5) is 4.98. The number of fused-ring (bicyclic) bond motifs is 1. The summed E-state index contributed by atoms with van der Waals surface area (Å²) < 4.78 is 32.3. The van der Waals surface area contributed by atoms with Crippen LogP contribution in [0.4, 0.5) is 0 Å². The van der Waals surface area contributed by atoms with E-state index in [9.17, 15) is 8.42 Å². The lowest BCUT2D eigenvalue weighted by atomic mass is 10.2. The summed E-state index contributed by atoms with van der Waals surface area (Å²) in [6, 6.07) is 8.82. The van der Waals surface area contributed by atoms with E-state index in [1.54, 1.807) is 24.3 Å². The van der Waals surface area contributed by atoms with Crippen LogP contribution in [0.15, 0.2) is 45.4 Å². The normalized spacial score (nSPS) is 12.1.